The highest BCUT2D eigenvalue weighted by Gasteiger charge is 2.21. The molecule has 28 heavy (non-hydrogen) atoms. The van der Waals surface area contributed by atoms with Gasteiger partial charge in [0.15, 0.2) is 0 Å². The number of hydrogen-bond acceptors (Lipinski definition) is 8. The number of nitrogens with zero attached hydrogens (tertiary/aromatic N) is 2. The molecule has 0 radical (unpaired) electrons. The SMILES string of the molecule is CCOC(=O)NC(=O)c1ccsc1NC(=O)c1sc(-c2cccnc2)nc1C. The molecular weight excluding hydrogens is 400 g/mol. The van der Waals surface area contributed by atoms with Crippen LogP contribution in [-0.2, 0) is 4.74 Å². The van der Waals surface area contributed by atoms with Crippen LogP contribution in [0.1, 0.15) is 32.6 Å². The molecule has 144 valence electrons. The van der Waals surface area contributed by atoms with E-state index in [4.69, 9.17) is 4.74 Å². The predicted octanol–water partition coefficient (Wildman–Crippen LogP) is 3.71. The first kappa shape index (κ1) is 19.6. The summed E-state index contributed by atoms with van der Waals surface area (Å²) in [5.41, 5.74) is 1.58. The molecule has 0 bridgehead atoms. The van der Waals surface area contributed by atoms with Crippen LogP contribution < -0.4 is 10.6 Å². The lowest BCUT2D eigenvalue weighted by atomic mass is 10.3. The van der Waals surface area contributed by atoms with E-state index in [9.17, 15) is 14.4 Å². The van der Waals surface area contributed by atoms with E-state index in [0.717, 1.165) is 5.56 Å². The molecule has 3 aromatic heterocycles. The lowest BCUT2D eigenvalue weighted by Crippen LogP contribution is -2.31. The lowest BCUT2D eigenvalue weighted by Gasteiger charge is -2.06. The van der Waals surface area contributed by atoms with Crippen LogP contribution in [0.5, 0.6) is 0 Å². The van der Waals surface area contributed by atoms with Crippen LogP contribution in [-0.4, -0.2) is 34.5 Å². The summed E-state index contributed by atoms with van der Waals surface area (Å²) in [4.78, 5) is 45.3. The number of thiophene rings is 1. The summed E-state index contributed by atoms with van der Waals surface area (Å²) in [7, 11) is 0. The number of aromatic nitrogens is 2. The summed E-state index contributed by atoms with van der Waals surface area (Å²) in [6.07, 6.45) is 2.50. The molecule has 0 aliphatic rings. The highest BCUT2D eigenvalue weighted by atomic mass is 32.1. The Morgan fingerprint density at radius 2 is 2.04 bits per heavy atom. The first-order valence-electron chi connectivity index (χ1n) is 8.24. The molecule has 0 atom stereocenters. The molecule has 3 rings (SSSR count). The Morgan fingerprint density at radius 1 is 1.21 bits per heavy atom. The maximum atomic E-state index is 12.7. The number of rotatable bonds is 5. The van der Waals surface area contributed by atoms with Crippen LogP contribution in [0.15, 0.2) is 36.0 Å². The number of carbonyl (C=O) groups is 3. The first-order valence-corrected chi connectivity index (χ1v) is 9.94. The number of pyridine rings is 1. The van der Waals surface area contributed by atoms with Gasteiger partial charge in [0.25, 0.3) is 11.8 Å². The largest absolute Gasteiger partial charge is 0.450 e. The van der Waals surface area contributed by atoms with E-state index >= 15 is 0 Å². The average Bonchev–Trinajstić information content (AvgIpc) is 3.29. The molecule has 3 heterocycles. The summed E-state index contributed by atoms with van der Waals surface area (Å²) in [6, 6.07) is 5.19. The van der Waals surface area contributed by atoms with Gasteiger partial charge in [0.2, 0.25) is 0 Å². The fourth-order valence-corrected chi connectivity index (χ4v) is 4.02. The zero-order valence-corrected chi connectivity index (χ0v) is 16.6. The van der Waals surface area contributed by atoms with Crippen LogP contribution >= 0.6 is 22.7 Å². The first-order chi connectivity index (χ1) is 13.5. The highest BCUT2D eigenvalue weighted by molar-refractivity contribution is 7.17. The Labute approximate surface area is 168 Å². The normalized spacial score (nSPS) is 10.4. The molecule has 2 N–H and O–H groups in total. The van der Waals surface area contributed by atoms with E-state index in [1.54, 1.807) is 37.7 Å². The molecule has 0 unspecified atom stereocenters. The summed E-state index contributed by atoms with van der Waals surface area (Å²) in [5, 5.41) is 7.50. The summed E-state index contributed by atoms with van der Waals surface area (Å²) in [5.74, 6) is -1.02. The van der Waals surface area contributed by atoms with Gasteiger partial charge in [-0.3, -0.25) is 19.9 Å². The molecule has 8 nitrogen and oxygen atoms in total. The van der Waals surface area contributed by atoms with Gasteiger partial charge in [-0.05, 0) is 37.4 Å². The molecule has 0 aliphatic carbocycles. The molecule has 0 saturated carbocycles. The van der Waals surface area contributed by atoms with Gasteiger partial charge in [-0.1, -0.05) is 0 Å². The van der Waals surface area contributed by atoms with Crippen molar-refractivity contribution < 1.29 is 19.1 Å². The molecule has 0 aliphatic heterocycles. The number of imide groups is 1. The quantitative estimate of drug-likeness (QED) is 0.656. The minimum absolute atomic E-state index is 0.149. The average molecular weight is 416 g/mol. The van der Waals surface area contributed by atoms with E-state index < -0.39 is 12.0 Å². The minimum Gasteiger partial charge on any atom is -0.450 e. The third kappa shape index (κ3) is 4.41. The van der Waals surface area contributed by atoms with Gasteiger partial charge >= 0.3 is 6.09 Å². The van der Waals surface area contributed by atoms with Gasteiger partial charge in [-0.25, -0.2) is 9.78 Å². The third-order valence-corrected chi connectivity index (χ3v) is 5.57. The Bertz CT molecular complexity index is 1010. The molecule has 0 spiro atoms. The van der Waals surface area contributed by atoms with Crippen molar-refractivity contribution in [3.8, 4) is 10.6 Å². The van der Waals surface area contributed by atoms with Crippen molar-refractivity contribution in [1.82, 2.24) is 15.3 Å². The second-order valence-electron chi connectivity index (χ2n) is 5.47. The van der Waals surface area contributed by atoms with E-state index in [1.165, 1.54) is 28.7 Å². The van der Waals surface area contributed by atoms with Gasteiger partial charge in [0, 0.05) is 18.0 Å². The Hall–Kier alpha value is -3.11. The maximum absolute atomic E-state index is 12.7. The second-order valence-corrected chi connectivity index (χ2v) is 7.38. The van der Waals surface area contributed by atoms with Gasteiger partial charge in [-0.15, -0.1) is 22.7 Å². The number of anilines is 1. The van der Waals surface area contributed by atoms with Crippen molar-refractivity contribution in [2.75, 3.05) is 11.9 Å². The number of aryl methyl sites for hydroxylation is 1. The number of ether oxygens (including phenoxy) is 1. The molecule has 0 aromatic carbocycles. The Morgan fingerprint density at radius 3 is 2.75 bits per heavy atom. The molecule has 0 saturated heterocycles. The van der Waals surface area contributed by atoms with Crippen LogP contribution in [0.4, 0.5) is 9.80 Å². The van der Waals surface area contributed by atoms with E-state index in [-0.39, 0.29) is 18.1 Å². The number of thiazole rings is 1. The summed E-state index contributed by atoms with van der Waals surface area (Å²) >= 11 is 2.42. The van der Waals surface area contributed by atoms with Crippen molar-refractivity contribution in [2.45, 2.75) is 13.8 Å². The van der Waals surface area contributed by atoms with E-state index in [1.807, 2.05) is 6.07 Å². The fraction of sp³-hybridized carbons (Fsp3) is 0.167. The zero-order valence-electron chi connectivity index (χ0n) is 15.0. The third-order valence-electron chi connectivity index (χ3n) is 3.54. The molecular formula is C18H16N4O4S2. The lowest BCUT2D eigenvalue weighted by molar-refractivity contribution is 0.0926. The predicted molar refractivity (Wildman–Crippen MR) is 107 cm³/mol. The van der Waals surface area contributed by atoms with Gasteiger partial charge in [0.1, 0.15) is 14.9 Å². The number of amides is 3. The minimum atomic E-state index is -0.838. The Balaban J connectivity index is 1.76. The van der Waals surface area contributed by atoms with Crippen LogP contribution in [0, 0.1) is 6.92 Å². The van der Waals surface area contributed by atoms with Crippen LogP contribution in [0.2, 0.25) is 0 Å². The van der Waals surface area contributed by atoms with Gasteiger partial charge < -0.3 is 10.1 Å². The van der Waals surface area contributed by atoms with E-state index in [2.05, 4.69) is 20.6 Å². The summed E-state index contributed by atoms with van der Waals surface area (Å²) in [6.45, 7) is 3.53. The number of alkyl carbamates (subject to hydrolysis) is 1. The standard InChI is InChI=1S/C18H16N4O4S2/c1-3-26-18(25)22-14(23)12-6-8-27-17(12)21-15(24)13-10(2)20-16(28-13)11-5-4-7-19-9-11/h4-9H,3H2,1-2H3,(H,21,24)(H,22,23,25). The maximum Gasteiger partial charge on any atom is 0.414 e. The van der Waals surface area contributed by atoms with Crippen molar-refractivity contribution in [1.29, 1.82) is 0 Å². The van der Waals surface area contributed by atoms with Gasteiger partial charge in [0.05, 0.1) is 17.9 Å². The number of nitrogens with one attached hydrogen (secondary N) is 2. The van der Waals surface area contributed by atoms with Crippen molar-refractivity contribution in [3.05, 3.63) is 52.1 Å². The van der Waals surface area contributed by atoms with Gasteiger partial charge in [-0.2, -0.15) is 0 Å². The van der Waals surface area contributed by atoms with Crippen LogP contribution in [0.25, 0.3) is 10.6 Å². The fourth-order valence-electron chi connectivity index (χ4n) is 2.29. The molecule has 0 fully saturated rings. The molecule has 3 aromatic rings. The summed E-state index contributed by atoms with van der Waals surface area (Å²) < 4.78 is 4.69. The van der Waals surface area contributed by atoms with Crippen molar-refractivity contribution in [2.24, 2.45) is 0 Å². The monoisotopic (exact) mass is 416 g/mol. The highest BCUT2D eigenvalue weighted by Crippen LogP contribution is 2.29. The molecule has 10 heteroatoms. The smallest absolute Gasteiger partial charge is 0.414 e. The zero-order chi connectivity index (χ0) is 20.1. The van der Waals surface area contributed by atoms with Crippen molar-refractivity contribution in [3.63, 3.8) is 0 Å². The number of carbonyl (C=O) groups excluding carboxylic acids is 3. The second kappa shape index (κ2) is 8.72. The topological polar surface area (TPSA) is 110 Å². The van der Waals surface area contributed by atoms with Crippen LogP contribution in [0.3, 0.4) is 0 Å². The molecule has 3 amide bonds. The Kier molecular flexibility index (Phi) is 6.12. The number of hydrogen-bond donors (Lipinski definition) is 2. The van der Waals surface area contributed by atoms with Crippen molar-refractivity contribution >= 4 is 45.6 Å². The van der Waals surface area contributed by atoms with E-state index in [0.29, 0.717) is 20.6 Å².